The zero-order chi connectivity index (χ0) is 19.1. The lowest BCUT2D eigenvalue weighted by atomic mass is 10.0. The van der Waals surface area contributed by atoms with Crippen LogP contribution in [0.3, 0.4) is 0 Å². The topological polar surface area (TPSA) is 81.7 Å². The van der Waals surface area contributed by atoms with Gasteiger partial charge in [0.1, 0.15) is 11.8 Å². The normalized spacial score (nSPS) is 11.7. The number of methoxy groups -OCH3 is 1. The van der Waals surface area contributed by atoms with Gasteiger partial charge in [-0.2, -0.15) is 0 Å². The summed E-state index contributed by atoms with van der Waals surface area (Å²) in [7, 11) is 1.54. The predicted molar refractivity (Wildman–Crippen MR) is 98.7 cm³/mol. The van der Waals surface area contributed by atoms with Gasteiger partial charge in [0, 0.05) is 5.56 Å². The van der Waals surface area contributed by atoms with E-state index in [4.69, 9.17) is 9.47 Å². The second kappa shape index (κ2) is 9.15. The maximum atomic E-state index is 12.3. The Morgan fingerprint density at radius 2 is 1.81 bits per heavy atom. The van der Waals surface area contributed by atoms with E-state index in [1.807, 2.05) is 0 Å². The highest BCUT2D eigenvalue weighted by Gasteiger charge is 2.27. The van der Waals surface area contributed by atoms with Crippen molar-refractivity contribution in [3.63, 3.8) is 0 Å². The van der Waals surface area contributed by atoms with Crippen LogP contribution in [0.5, 0.6) is 5.75 Å². The van der Waals surface area contributed by atoms with Gasteiger partial charge in [0.25, 0.3) is 5.91 Å². The van der Waals surface area contributed by atoms with E-state index in [9.17, 15) is 14.4 Å². The third kappa shape index (κ3) is 5.16. The van der Waals surface area contributed by atoms with Crippen molar-refractivity contribution in [2.45, 2.75) is 19.9 Å². The van der Waals surface area contributed by atoms with E-state index in [0.29, 0.717) is 16.2 Å². The summed E-state index contributed by atoms with van der Waals surface area (Å²) in [6, 6.07) is 9.14. The standard InChI is InChI=1S/C19H21NO5S/c1-12(2)17(20-18(22)16-5-4-10-26-16)19(23)25-11-15(21)13-6-8-14(24-3)9-7-13/h4-10,12,17H,11H2,1-3H3,(H,20,22)/t17-/m1/s1. The Kier molecular flexibility index (Phi) is 6.91. The molecule has 0 bridgehead atoms. The molecule has 7 heteroatoms. The molecule has 0 aliphatic rings. The molecule has 2 rings (SSSR count). The number of Topliss-reactive ketones (excluding diaryl/α,β-unsaturated/α-hetero) is 1. The van der Waals surface area contributed by atoms with Crippen molar-refractivity contribution in [3.05, 3.63) is 52.2 Å². The molecule has 0 fully saturated rings. The van der Waals surface area contributed by atoms with Crippen LogP contribution >= 0.6 is 11.3 Å². The van der Waals surface area contributed by atoms with Gasteiger partial charge in [0.2, 0.25) is 0 Å². The second-order valence-electron chi connectivity index (χ2n) is 5.93. The van der Waals surface area contributed by atoms with Gasteiger partial charge in [-0.3, -0.25) is 9.59 Å². The highest BCUT2D eigenvalue weighted by molar-refractivity contribution is 7.12. The maximum Gasteiger partial charge on any atom is 0.329 e. The Hall–Kier alpha value is -2.67. The number of ether oxygens (including phenoxy) is 2. The monoisotopic (exact) mass is 375 g/mol. The summed E-state index contributed by atoms with van der Waals surface area (Å²) < 4.78 is 10.2. The summed E-state index contributed by atoms with van der Waals surface area (Å²) in [6.07, 6.45) is 0. The molecule has 0 spiro atoms. The van der Waals surface area contributed by atoms with Gasteiger partial charge in [0.05, 0.1) is 12.0 Å². The number of carbonyl (C=O) groups is 3. The molecule has 1 N–H and O–H groups in total. The van der Waals surface area contributed by atoms with E-state index in [-0.39, 0.29) is 24.2 Å². The molecule has 0 saturated heterocycles. The number of carbonyl (C=O) groups excluding carboxylic acids is 3. The molecule has 0 saturated carbocycles. The summed E-state index contributed by atoms with van der Waals surface area (Å²) in [5.74, 6) is -0.839. The molecular formula is C19H21NO5S. The van der Waals surface area contributed by atoms with Crippen molar-refractivity contribution in [1.82, 2.24) is 5.32 Å². The average Bonchev–Trinajstić information content (AvgIpc) is 3.18. The number of amides is 1. The van der Waals surface area contributed by atoms with Gasteiger partial charge in [-0.1, -0.05) is 19.9 Å². The maximum absolute atomic E-state index is 12.3. The highest BCUT2D eigenvalue weighted by Crippen LogP contribution is 2.13. The molecule has 26 heavy (non-hydrogen) atoms. The third-order valence-corrected chi connectivity index (χ3v) is 4.58. The van der Waals surface area contributed by atoms with Crippen molar-refractivity contribution in [3.8, 4) is 5.75 Å². The minimum absolute atomic E-state index is 0.178. The van der Waals surface area contributed by atoms with Crippen LogP contribution in [0.2, 0.25) is 0 Å². The Balaban J connectivity index is 1.94. The van der Waals surface area contributed by atoms with E-state index in [0.717, 1.165) is 0 Å². The van der Waals surface area contributed by atoms with Gasteiger partial charge in [-0.15, -0.1) is 11.3 Å². The fraction of sp³-hybridized carbons (Fsp3) is 0.316. The van der Waals surface area contributed by atoms with Crippen molar-refractivity contribution in [1.29, 1.82) is 0 Å². The lowest BCUT2D eigenvalue weighted by molar-refractivity contribution is -0.145. The molecule has 0 radical (unpaired) electrons. The van der Waals surface area contributed by atoms with Crippen LogP contribution < -0.4 is 10.1 Å². The molecule has 1 aromatic heterocycles. The van der Waals surface area contributed by atoms with Gasteiger partial charge >= 0.3 is 5.97 Å². The molecule has 6 nitrogen and oxygen atoms in total. The minimum Gasteiger partial charge on any atom is -0.497 e. The number of nitrogens with one attached hydrogen (secondary N) is 1. The van der Waals surface area contributed by atoms with Gasteiger partial charge in [0.15, 0.2) is 12.4 Å². The first kappa shape index (κ1) is 19.7. The van der Waals surface area contributed by atoms with Crippen molar-refractivity contribution >= 4 is 29.0 Å². The Morgan fingerprint density at radius 1 is 1.12 bits per heavy atom. The summed E-state index contributed by atoms with van der Waals surface area (Å²) in [4.78, 5) is 37.1. The Bertz CT molecular complexity index is 753. The van der Waals surface area contributed by atoms with E-state index in [1.54, 1.807) is 55.6 Å². The highest BCUT2D eigenvalue weighted by atomic mass is 32.1. The zero-order valence-electron chi connectivity index (χ0n) is 14.9. The molecule has 0 aliphatic carbocycles. The number of hydrogen-bond donors (Lipinski definition) is 1. The molecule has 1 atom stereocenters. The second-order valence-corrected chi connectivity index (χ2v) is 6.88. The lowest BCUT2D eigenvalue weighted by Gasteiger charge is -2.20. The van der Waals surface area contributed by atoms with Crippen molar-refractivity contribution < 1.29 is 23.9 Å². The van der Waals surface area contributed by atoms with Crippen LogP contribution in [0.4, 0.5) is 0 Å². The Labute approximate surface area is 156 Å². The fourth-order valence-corrected chi connectivity index (χ4v) is 2.83. The van der Waals surface area contributed by atoms with E-state index in [1.165, 1.54) is 18.4 Å². The summed E-state index contributed by atoms with van der Waals surface area (Å²) in [5, 5.41) is 4.45. The summed E-state index contributed by atoms with van der Waals surface area (Å²) in [5.41, 5.74) is 0.419. The number of benzene rings is 1. The number of rotatable bonds is 8. The number of hydrogen-bond acceptors (Lipinski definition) is 6. The molecule has 138 valence electrons. The Morgan fingerprint density at radius 3 is 2.35 bits per heavy atom. The molecule has 1 heterocycles. The van der Waals surface area contributed by atoms with Gasteiger partial charge in [-0.05, 0) is 41.6 Å². The average molecular weight is 375 g/mol. The number of ketones is 1. The van der Waals surface area contributed by atoms with E-state index in [2.05, 4.69) is 5.32 Å². The first-order chi connectivity index (χ1) is 12.4. The SMILES string of the molecule is COc1ccc(C(=O)COC(=O)[C@H](NC(=O)c2cccs2)C(C)C)cc1. The fourth-order valence-electron chi connectivity index (χ4n) is 2.20. The van der Waals surface area contributed by atoms with E-state index >= 15 is 0 Å². The predicted octanol–water partition coefficient (Wildman–Crippen LogP) is 2.94. The third-order valence-electron chi connectivity index (χ3n) is 3.71. The van der Waals surface area contributed by atoms with Crippen LogP contribution in [0.1, 0.15) is 33.9 Å². The summed E-state index contributed by atoms with van der Waals surface area (Å²) in [6.45, 7) is 3.21. The van der Waals surface area contributed by atoms with Crippen molar-refractivity contribution in [2.75, 3.05) is 13.7 Å². The first-order valence-electron chi connectivity index (χ1n) is 8.10. The van der Waals surface area contributed by atoms with Crippen LogP contribution in [0, 0.1) is 5.92 Å². The molecule has 1 aromatic carbocycles. The quantitative estimate of drug-likeness (QED) is 0.567. The molecule has 1 amide bonds. The van der Waals surface area contributed by atoms with Crippen molar-refractivity contribution in [2.24, 2.45) is 5.92 Å². The van der Waals surface area contributed by atoms with E-state index < -0.39 is 12.0 Å². The van der Waals surface area contributed by atoms with Crippen LogP contribution in [0.25, 0.3) is 0 Å². The summed E-state index contributed by atoms with van der Waals surface area (Å²) >= 11 is 1.29. The molecular weight excluding hydrogens is 354 g/mol. The molecule has 0 unspecified atom stereocenters. The largest absolute Gasteiger partial charge is 0.497 e. The lowest BCUT2D eigenvalue weighted by Crippen LogP contribution is -2.45. The van der Waals surface area contributed by atoms with Crippen LogP contribution in [-0.2, 0) is 9.53 Å². The number of thiophene rings is 1. The zero-order valence-corrected chi connectivity index (χ0v) is 15.7. The minimum atomic E-state index is -0.826. The van der Waals surface area contributed by atoms with Crippen LogP contribution in [0.15, 0.2) is 41.8 Å². The molecule has 0 aliphatic heterocycles. The van der Waals surface area contributed by atoms with Crippen LogP contribution in [-0.4, -0.2) is 37.4 Å². The van der Waals surface area contributed by atoms with Gasteiger partial charge in [-0.25, -0.2) is 4.79 Å². The number of esters is 1. The first-order valence-corrected chi connectivity index (χ1v) is 8.98. The smallest absolute Gasteiger partial charge is 0.329 e. The molecule has 2 aromatic rings. The van der Waals surface area contributed by atoms with Gasteiger partial charge < -0.3 is 14.8 Å².